The van der Waals surface area contributed by atoms with Crippen LogP contribution >= 0.6 is 11.6 Å². The van der Waals surface area contributed by atoms with Crippen molar-refractivity contribution in [3.05, 3.63) is 17.5 Å². The number of nitrogens with zero attached hydrogens (tertiary/aromatic N) is 3. The van der Waals surface area contributed by atoms with Crippen LogP contribution in [0.5, 0.6) is 0 Å². The second-order valence-corrected chi connectivity index (χ2v) is 4.12. The molecule has 0 fully saturated rings. The van der Waals surface area contributed by atoms with Gasteiger partial charge in [0.25, 0.3) is 0 Å². The third-order valence-corrected chi connectivity index (χ3v) is 2.44. The summed E-state index contributed by atoms with van der Waals surface area (Å²) in [5.41, 5.74) is 0. The Morgan fingerprint density at radius 1 is 1.47 bits per heavy atom. The highest BCUT2D eigenvalue weighted by Gasteiger charge is 2.02. The van der Waals surface area contributed by atoms with Gasteiger partial charge in [-0.15, -0.1) is 0 Å². The van der Waals surface area contributed by atoms with E-state index >= 15 is 0 Å². The average Bonchev–Trinajstić information content (AvgIpc) is 2.17. The van der Waals surface area contributed by atoms with Gasteiger partial charge >= 0.3 is 0 Å². The summed E-state index contributed by atoms with van der Waals surface area (Å²) >= 11 is 5.71. The first-order valence-electron chi connectivity index (χ1n) is 5.01. The summed E-state index contributed by atoms with van der Waals surface area (Å²) in [6.07, 6.45) is 3.19. The molecular weight excluding hydrogens is 212 g/mol. The van der Waals surface area contributed by atoms with E-state index in [1.54, 1.807) is 6.20 Å². The standard InChI is InChI=1S/C10H17ClN4/c1-8(2)15(3)5-4-13-10-7-12-6-9(11)14-10/h6-8H,4-5H2,1-3H3,(H,13,14). The van der Waals surface area contributed by atoms with Crippen molar-refractivity contribution in [3.63, 3.8) is 0 Å². The van der Waals surface area contributed by atoms with E-state index in [-0.39, 0.29) is 0 Å². The molecule has 1 N–H and O–H groups in total. The van der Waals surface area contributed by atoms with Crippen molar-refractivity contribution in [1.82, 2.24) is 14.9 Å². The largest absolute Gasteiger partial charge is 0.367 e. The molecular formula is C10H17ClN4. The zero-order chi connectivity index (χ0) is 11.3. The van der Waals surface area contributed by atoms with Crippen LogP contribution in [0.25, 0.3) is 0 Å². The first-order valence-corrected chi connectivity index (χ1v) is 5.39. The van der Waals surface area contributed by atoms with Crippen molar-refractivity contribution in [2.45, 2.75) is 19.9 Å². The first kappa shape index (κ1) is 12.2. The quantitative estimate of drug-likeness (QED) is 0.836. The van der Waals surface area contributed by atoms with Crippen LogP contribution in [0.1, 0.15) is 13.8 Å². The summed E-state index contributed by atoms with van der Waals surface area (Å²) in [7, 11) is 2.09. The molecule has 0 saturated carbocycles. The van der Waals surface area contributed by atoms with E-state index in [2.05, 4.69) is 41.1 Å². The molecule has 0 atom stereocenters. The van der Waals surface area contributed by atoms with Gasteiger partial charge in [-0.1, -0.05) is 11.6 Å². The number of likely N-dealkylation sites (N-methyl/N-ethyl adjacent to an activating group) is 1. The molecule has 0 bridgehead atoms. The average molecular weight is 229 g/mol. The van der Waals surface area contributed by atoms with E-state index in [0.29, 0.717) is 11.2 Å². The number of rotatable bonds is 5. The molecule has 1 aromatic rings. The summed E-state index contributed by atoms with van der Waals surface area (Å²) in [4.78, 5) is 10.3. The number of nitrogens with one attached hydrogen (secondary N) is 1. The molecule has 4 nitrogen and oxygen atoms in total. The molecule has 5 heteroatoms. The predicted octanol–water partition coefficient (Wildman–Crippen LogP) is 1.88. The maximum Gasteiger partial charge on any atom is 0.149 e. The number of hydrogen-bond donors (Lipinski definition) is 1. The van der Waals surface area contributed by atoms with Gasteiger partial charge in [0, 0.05) is 19.1 Å². The summed E-state index contributed by atoms with van der Waals surface area (Å²) in [6.45, 7) is 6.13. The molecule has 0 aromatic carbocycles. The van der Waals surface area contributed by atoms with Gasteiger partial charge in [0.1, 0.15) is 11.0 Å². The molecule has 15 heavy (non-hydrogen) atoms. The van der Waals surface area contributed by atoms with Crippen LogP contribution in [0.2, 0.25) is 5.15 Å². The Morgan fingerprint density at radius 2 is 2.20 bits per heavy atom. The third kappa shape index (κ3) is 4.44. The minimum absolute atomic E-state index is 0.414. The van der Waals surface area contributed by atoms with E-state index < -0.39 is 0 Å². The lowest BCUT2D eigenvalue weighted by Gasteiger charge is -2.20. The van der Waals surface area contributed by atoms with E-state index in [1.165, 1.54) is 6.20 Å². The van der Waals surface area contributed by atoms with Gasteiger partial charge in [-0.3, -0.25) is 4.98 Å². The normalized spacial score (nSPS) is 11.1. The maximum atomic E-state index is 5.71. The van der Waals surface area contributed by atoms with Gasteiger partial charge in [-0.05, 0) is 20.9 Å². The Balaban J connectivity index is 2.32. The van der Waals surface area contributed by atoms with Crippen LogP contribution in [-0.2, 0) is 0 Å². The molecule has 84 valence electrons. The number of aromatic nitrogens is 2. The fourth-order valence-corrected chi connectivity index (χ4v) is 1.19. The lowest BCUT2D eigenvalue weighted by molar-refractivity contribution is 0.284. The zero-order valence-electron chi connectivity index (χ0n) is 9.37. The Bertz CT molecular complexity index is 303. The van der Waals surface area contributed by atoms with Crippen molar-refractivity contribution in [3.8, 4) is 0 Å². The van der Waals surface area contributed by atoms with Crippen molar-refractivity contribution < 1.29 is 0 Å². The highest BCUT2D eigenvalue weighted by atomic mass is 35.5. The molecule has 0 aliphatic rings. The highest BCUT2D eigenvalue weighted by Crippen LogP contribution is 2.06. The molecule has 0 unspecified atom stereocenters. The molecule has 0 spiro atoms. The Kier molecular flexibility index (Phi) is 4.78. The van der Waals surface area contributed by atoms with Crippen LogP contribution in [-0.4, -0.2) is 41.0 Å². The predicted molar refractivity (Wildman–Crippen MR) is 63.3 cm³/mol. The zero-order valence-corrected chi connectivity index (χ0v) is 10.1. The van der Waals surface area contributed by atoms with Crippen molar-refractivity contribution in [1.29, 1.82) is 0 Å². The Morgan fingerprint density at radius 3 is 2.80 bits per heavy atom. The summed E-state index contributed by atoms with van der Waals surface area (Å²) in [6, 6.07) is 0.553. The smallest absolute Gasteiger partial charge is 0.149 e. The molecule has 0 amide bonds. The molecule has 1 rings (SSSR count). The second-order valence-electron chi connectivity index (χ2n) is 3.73. The van der Waals surface area contributed by atoms with E-state index in [1.807, 2.05) is 0 Å². The van der Waals surface area contributed by atoms with Crippen LogP contribution < -0.4 is 5.32 Å². The number of anilines is 1. The monoisotopic (exact) mass is 228 g/mol. The summed E-state index contributed by atoms with van der Waals surface area (Å²) in [5, 5.41) is 3.59. The minimum Gasteiger partial charge on any atom is -0.367 e. The van der Waals surface area contributed by atoms with Crippen LogP contribution in [0.3, 0.4) is 0 Å². The van der Waals surface area contributed by atoms with Gasteiger partial charge in [0.15, 0.2) is 0 Å². The van der Waals surface area contributed by atoms with Crippen molar-refractivity contribution in [2.24, 2.45) is 0 Å². The van der Waals surface area contributed by atoms with Crippen LogP contribution in [0.4, 0.5) is 5.82 Å². The molecule has 0 radical (unpaired) electrons. The Hall–Kier alpha value is -0.870. The van der Waals surface area contributed by atoms with Crippen LogP contribution in [0.15, 0.2) is 12.4 Å². The fourth-order valence-electron chi connectivity index (χ4n) is 1.05. The molecule has 0 aliphatic heterocycles. The minimum atomic E-state index is 0.414. The fraction of sp³-hybridized carbons (Fsp3) is 0.600. The SMILES string of the molecule is CC(C)N(C)CCNc1cncc(Cl)n1. The second kappa shape index (κ2) is 5.88. The third-order valence-electron chi connectivity index (χ3n) is 2.26. The summed E-state index contributed by atoms with van der Waals surface area (Å²) in [5.74, 6) is 0.722. The number of halogens is 1. The van der Waals surface area contributed by atoms with Crippen molar-refractivity contribution in [2.75, 3.05) is 25.5 Å². The lowest BCUT2D eigenvalue weighted by atomic mass is 10.3. The van der Waals surface area contributed by atoms with E-state index in [4.69, 9.17) is 11.6 Å². The number of hydrogen-bond acceptors (Lipinski definition) is 4. The van der Waals surface area contributed by atoms with Gasteiger partial charge in [0.05, 0.1) is 12.4 Å². The van der Waals surface area contributed by atoms with Gasteiger partial charge < -0.3 is 10.2 Å². The van der Waals surface area contributed by atoms with E-state index in [0.717, 1.165) is 18.9 Å². The van der Waals surface area contributed by atoms with Crippen molar-refractivity contribution >= 4 is 17.4 Å². The topological polar surface area (TPSA) is 41.0 Å². The van der Waals surface area contributed by atoms with Gasteiger partial charge in [-0.2, -0.15) is 0 Å². The van der Waals surface area contributed by atoms with Gasteiger partial charge in [0.2, 0.25) is 0 Å². The maximum absolute atomic E-state index is 5.71. The summed E-state index contributed by atoms with van der Waals surface area (Å²) < 4.78 is 0. The lowest BCUT2D eigenvalue weighted by Crippen LogP contribution is -2.31. The molecule has 0 saturated heterocycles. The van der Waals surface area contributed by atoms with E-state index in [9.17, 15) is 0 Å². The molecule has 1 heterocycles. The molecule has 1 aromatic heterocycles. The van der Waals surface area contributed by atoms with Gasteiger partial charge in [-0.25, -0.2) is 4.98 Å². The molecule has 0 aliphatic carbocycles. The Labute approximate surface area is 95.7 Å². The highest BCUT2D eigenvalue weighted by molar-refractivity contribution is 6.29. The first-order chi connectivity index (χ1) is 7.09. The van der Waals surface area contributed by atoms with Crippen LogP contribution in [0, 0.1) is 0 Å².